The topological polar surface area (TPSA) is 18.5 Å². The van der Waals surface area contributed by atoms with Crippen LogP contribution in [0.15, 0.2) is 46.0 Å². The quantitative estimate of drug-likeness (QED) is 0.308. The van der Waals surface area contributed by atoms with E-state index in [1.54, 1.807) is 11.1 Å². The summed E-state index contributed by atoms with van der Waals surface area (Å²) in [5.74, 6) is 3.79. The van der Waals surface area contributed by atoms with Crippen molar-refractivity contribution in [3.05, 3.63) is 46.0 Å². The Morgan fingerprint density at radius 1 is 0.800 bits per heavy atom. The average Bonchev–Trinajstić information content (AvgIpc) is 2.82. The summed E-state index contributed by atoms with van der Waals surface area (Å²) in [5, 5.41) is 0. The van der Waals surface area contributed by atoms with Crippen molar-refractivity contribution in [1.82, 2.24) is 0 Å². The second-order valence-electron chi connectivity index (χ2n) is 12.8. The minimum absolute atomic E-state index is 0.101. The van der Waals surface area contributed by atoms with Crippen LogP contribution in [0.3, 0.4) is 0 Å². The van der Waals surface area contributed by atoms with E-state index >= 15 is 0 Å². The third kappa shape index (κ3) is 7.77. The molecule has 0 aromatic heterocycles. The number of hydrogen-bond donors (Lipinski definition) is 0. The Balaban J connectivity index is 2.00. The molecule has 1 unspecified atom stereocenters. The van der Waals surface area contributed by atoms with Crippen molar-refractivity contribution in [3.63, 3.8) is 0 Å². The molecule has 3 aliphatic carbocycles. The Hall–Kier alpha value is -1.44. The number of ether oxygens (including phenoxy) is 2. The van der Waals surface area contributed by atoms with Gasteiger partial charge in [0.25, 0.3) is 0 Å². The normalized spacial score (nSPS) is 21.6. The van der Waals surface area contributed by atoms with Crippen molar-refractivity contribution in [2.24, 2.45) is 11.8 Å². The van der Waals surface area contributed by atoms with Crippen LogP contribution in [-0.2, 0) is 9.47 Å². The standard InChI is InChI=1S/C33H54O2/c1-9-15-24(10-2)28-22-26(19-21-31(28)35-33(7,8)11-3)27-18-20-30(34-32(4,5)6)29(23-27)25-16-13-12-14-17-25/h22-25H,9-21H2,1-8H3. The SMILES string of the molecule is CCCC(CC)C1=C(OC(C)(C)CC)CCC(C2=CC(C3CCCCC3)=C(OC(C)(C)C)CC2)=C1. The molecule has 1 saturated carbocycles. The third-order valence-electron chi connectivity index (χ3n) is 8.25. The molecular weight excluding hydrogens is 428 g/mol. The molecular formula is C33H54O2. The molecule has 0 radical (unpaired) electrons. The summed E-state index contributed by atoms with van der Waals surface area (Å²) < 4.78 is 13.2. The van der Waals surface area contributed by atoms with Gasteiger partial charge in [0.1, 0.15) is 22.7 Å². The minimum Gasteiger partial charge on any atom is -0.492 e. The zero-order valence-electron chi connectivity index (χ0n) is 24.3. The largest absolute Gasteiger partial charge is 0.492 e. The van der Waals surface area contributed by atoms with E-state index in [1.807, 2.05) is 0 Å². The maximum atomic E-state index is 6.68. The molecule has 1 fully saturated rings. The molecule has 0 saturated heterocycles. The van der Waals surface area contributed by atoms with Gasteiger partial charge in [-0.2, -0.15) is 0 Å². The Labute approximate surface area is 217 Å². The first-order valence-corrected chi connectivity index (χ1v) is 14.8. The fourth-order valence-electron chi connectivity index (χ4n) is 6.00. The Kier molecular flexibility index (Phi) is 9.81. The molecule has 0 amide bonds. The van der Waals surface area contributed by atoms with Gasteiger partial charge in [-0.1, -0.05) is 58.6 Å². The molecule has 3 aliphatic rings. The highest BCUT2D eigenvalue weighted by atomic mass is 16.5. The molecule has 0 N–H and O–H groups in total. The van der Waals surface area contributed by atoms with Crippen LogP contribution in [0, 0.1) is 11.8 Å². The van der Waals surface area contributed by atoms with E-state index in [4.69, 9.17) is 9.47 Å². The summed E-state index contributed by atoms with van der Waals surface area (Å²) in [7, 11) is 0. The van der Waals surface area contributed by atoms with Crippen LogP contribution in [0.5, 0.6) is 0 Å². The first kappa shape index (κ1) is 28.1. The summed E-state index contributed by atoms with van der Waals surface area (Å²) in [4.78, 5) is 0. The summed E-state index contributed by atoms with van der Waals surface area (Å²) in [6.07, 6.45) is 20.8. The minimum atomic E-state index is -0.132. The van der Waals surface area contributed by atoms with E-state index in [-0.39, 0.29) is 11.2 Å². The van der Waals surface area contributed by atoms with Crippen LogP contribution in [0.2, 0.25) is 0 Å². The first-order valence-electron chi connectivity index (χ1n) is 14.8. The molecule has 0 aliphatic heterocycles. The van der Waals surface area contributed by atoms with E-state index in [1.165, 1.54) is 74.0 Å². The maximum absolute atomic E-state index is 6.68. The highest BCUT2D eigenvalue weighted by Gasteiger charge is 2.30. The number of rotatable bonds is 10. The predicted molar refractivity (Wildman–Crippen MR) is 150 cm³/mol. The fourth-order valence-corrected chi connectivity index (χ4v) is 6.00. The van der Waals surface area contributed by atoms with Crippen molar-refractivity contribution in [2.45, 2.75) is 150 Å². The zero-order chi connectivity index (χ0) is 25.6. The lowest BCUT2D eigenvalue weighted by Crippen LogP contribution is -2.25. The Morgan fingerprint density at radius 3 is 2.00 bits per heavy atom. The smallest absolute Gasteiger partial charge is 0.103 e. The molecule has 0 heterocycles. The van der Waals surface area contributed by atoms with Crippen LogP contribution >= 0.6 is 0 Å². The second kappa shape index (κ2) is 12.2. The first-order chi connectivity index (χ1) is 16.6. The monoisotopic (exact) mass is 482 g/mol. The van der Waals surface area contributed by atoms with Crippen LogP contribution in [-0.4, -0.2) is 11.2 Å². The molecule has 3 rings (SSSR count). The van der Waals surface area contributed by atoms with E-state index in [0.717, 1.165) is 32.1 Å². The van der Waals surface area contributed by atoms with Gasteiger partial charge in [0.15, 0.2) is 0 Å². The van der Waals surface area contributed by atoms with Gasteiger partial charge in [0, 0.05) is 12.8 Å². The van der Waals surface area contributed by atoms with Gasteiger partial charge < -0.3 is 9.47 Å². The number of allylic oxidation sites excluding steroid dienone is 8. The van der Waals surface area contributed by atoms with E-state index in [0.29, 0.717) is 11.8 Å². The third-order valence-corrected chi connectivity index (χ3v) is 8.25. The van der Waals surface area contributed by atoms with Gasteiger partial charge in [0.2, 0.25) is 0 Å². The van der Waals surface area contributed by atoms with Crippen LogP contribution in [0.4, 0.5) is 0 Å². The number of hydrogen-bond acceptors (Lipinski definition) is 2. The molecule has 0 spiro atoms. The fraction of sp³-hybridized carbons (Fsp3) is 0.758. The molecule has 0 aromatic rings. The molecule has 2 heteroatoms. The Morgan fingerprint density at radius 2 is 1.43 bits per heavy atom. The van der Waals surface area contributed by atoms with Gasteiger partial charge in [-0.3, -0.25) is 0 Å². The van der Waals surface area contributed by atoms with Gasteiger partial charge in [0.05, 0.1) is 0 Å². The van der Waals surface area contributed by atoms with E-state index < -0.39 is 0 Å². The lowest BCUT2D eigenvalue weighted by atomic mass is 9.77. The molecule has 0 aromatic carbocycles. The maximum Gasteiger partial charge on any atom is 0.103 e. The van der Waals surface area contributed by atoms with E-state index in [2.05, 4.69) is 67.5 Å². The summed E-state index contributed by atoms with van der Waals surface area (Å²) in [6, 6.07) is 0. The summed E-state index contributed by atoms with van der Waals surface area (Å²) in [6.45, 7) is 17.9. The average molecular weight is 483 g/mol. The Bertz CT molecular complexity index is 837. The molecule has 2 nitrogen and oxygen atoms in total. The zero-order valence-corrected chi connectivity index (χ0v) is 24.3. The lowest BCUT2D eigenvalue weighted by molar-refractivity contribution is 0.0235. The summed E-state index contributed by atoms with van der Waals surface area (Å²) >= 11 is 0. The predicted octanol–water partition coefficient (Wildman–Crippen LogP) is 10.4. The van der Waals surface area contributed by atoms with Gasteiger partial charge >= 0.3 is 0 Å². The molecule has 0 bridgehead atoms. The summed E-state index contributed by atoms with van der Waals surface area (Å²) in [5.41, 5.74) is 5.88. The highest BCUT2D eigenvalue weighted by Crippen LogP contribution is 2.43. The van der Waals surface area contributed by atoms with Crippen LogP contribution < -0.4 is 0 Å². The van der Waals surface area contributed by atoms with Crippen molar-refractivity contribution in [3.8, 4) is 0 Å². The van der Waals surface area contributed by atoms with Gasteiger partial charge in [-0.15, -0.1) is 0 Å². The van der Waals surface area contributed by atoms with Crippen molar-refractivity contribution < 1.29 is 9.47 Å². The van der Waals surface area contributed by atoms with Crippen molar-refractivity contribution in [1.29, 1.82) is 0 Å². The van der Waals surface area contributed by atoms with Gasteiger partial charge in [-0.05, 0) is 114 Å². The van der Waals surface area contributed by atoms with Crippen LogP contribution in [0.1, 0.15) is 139 Å². The van der Waals surface area contributed by atoms with Crippen molar-refractivity contribution >= 4 is 0 Å². The lowest BCUT2D eigenvalue weighted by Gasteiger charge is -2.35. The molecule has 35 heavy (non-hydrogen) atoms. The highest BCUT2D eigenvalue weighted by molar-refractivity contribution is 5.48. The molecule has 1 atom stereocenters. The van der Waals surface area contributed by atoms with Gasteiger partial charge in [-0.25, -0.2) is 0 Å². The molecule has 198 valence electrons. The second-order valence-corrected chi connectivity index (χ2v) is 12.8. The van der Waals surface area contributed by atoms with E-state index in [9.17, 15) is 0 Å². The van der Waals surface area contributed by atoms with Crippen molar-refractivity contribution in [2.75, 3.05) is 0 Å². The van der Waals surface area contributed by atoms with Crippen LogP contribution in [0.25, 0.3) is 0 Å².